The van der Waals surface area contributed by atoms with E-state index in [1.807, 2.05) is 0 Å². The van der Waals surface area contributed by atoms with Crippen molar-refractivity contribution in [3.05, 3.63) is 35.9 Å². The number of hydrogen-bond acceptors (Lipinski definition) is 7. The molecule has 0 fully saturated rings. The number of methoxy groups -OCH3 is 1. The molecule has 30 heavy (non-hydrogen) atoms. The van der Waals surface area contributed by atoms with Crippen LogP contribution in [0.2, 0.25) is 0 Å². The third kappa shape index (κ3) is 9.79. The molecule has 0 aromatic heterocycles. The Morgan fingerprint density at radius 3 is 2.13 bits per heavy atom. The normalized spacial score (nSPS) is 14.0. The Labute approximate surface area is 175 Å². The van der Waals surface area contributed by atoms with Crippen LogP contribution in [0.3, 0.4) is 0 Å². The summed E-state index contributed by atoms with van der Waals surface area (Å²) in [7, 11) is 1.58. The average Bonchev–Trinajstić information content (AvgIpc) is 2.71. The van der Waals surface area contributed by atoms with Crippen molar-refractivity contribution in [3.8, 4) is 0 Å². The Bertz CT molecular complexity index is 657. The highest BCUT2D eigenvalue weighted by Gasteiger charge is 2.28. The molecule has 0 saturated carbocycles. The molecule has 168 valence electrons. The van der Waals surface area contributed by atoms with Crippen molar-refractivity contribution in [2.75, 3.05) is 27.1 Å². The highest BCUT2D eigenvalue weighted by Crippen LogP contribution is 2.21. The summed E-state index contributed by atoms with van der Waals surface area (Å²) < 4.78 is 4.86. The minimum Gasteiger partial charge on any atom is -0.481 e. The molecule has 0 radical (unpaired) electrons. The largest absolute Gasteiger partial charge is 0.481 e. The van der Waals surface area contributed by atoms with Crippen LogP contribution in [-0.4, -0.2) is 72.4 Å². The number of ether oxygens (including phenoxy) is 1. The van der Waals surface area contributed by atoms with E-state index in [9.17, 15) is 29.7 Å². The lowest BCUT2D eigenvalue weighted by atomic mass is 9.92. The second-order valence-corrected chi connectivity index (χ2v) is 6.83. The number of carboxylic acids is 3. The molecular weight excluding hydrogens is 394 g/mol. The Morgan fingerprint density at radius 2 is 1.57 bits per heavy atom. The van der Waals surface area contributed by atoms with Crippen LogP contribution in [0.15, 0.2) is 30.3 Å². The van der Waals surface area contributed by atoms with Gasteiger partial charge in [-0.25, -0.2) is 0 Å². The van der Waals surface area contributed by atoms with Crippen LogP contribution < -0.4 is 16.0 Å². The zero-order valence-electron chi connectivity index (χ0n) is 17.0. The van der Waals surface area contributed by atoms with Crippen LogP contribution in [0.1, 0.15) is 37.2 Å². The number of benzene rings is 1. The predicted octanol–water partition coefficient (Wildman–Crippen LogP) is 0.652. The minimum atomic E-state index is -1.20. The molecule has 6 N–H and O–H groups in total. The number of hydrogen-bond donors (Lipinski definition) is 6. The maximum atomic E-state index is 11.6. The standard InChI is InChI=1S/C20H31N3O7/c1-30-13-21-10-6-5-9-16(19(26)27)22-12-23-17(20(28)29)11-15(18(24)25)14-7-3-2-4-8-14/h2-4,7-8,15-17,21-23H,5-6,9-13H2,1H3,(H,24,25)(H,26,27)(H,28,29). The molecule has 0 aliphatic carbocycles. The molecule has 3 unspecified atom stereocenters. The number of aliphatic carboxylic acids is 3. The molecule has 3 atom stereocenters. The Hall–Kier alpha value is -2.53. The van der Waals surface area contributed by atoms with E-state index in [2.05, 4.69) is 16.0 Å². The maximum absolute atomic E-state index is 11.6. The SMILES string of the molecule is COCNCCCCC(NCNC(CC(C(=O)O)c1ccccc1)C(=O)O)C(=O)O. The molecule has 1 aromatic carbocycles. The van der Waals surface area contributed by atoms with E-state index >= 15 is 0 Å². The summed E-state index contributed by atoms with van der Waals surface area (Å²) in [5.41, 5.74) is 0.511. The second kappa shape index (κ2) is 14.5. The molecule has 0 spiro atoms. The van der Waals surface area contributed by atoms with Crippen molar-refractivity contribution in [2.24, 2.45) is 0 Å². The van der Waals surface area contributed by atoms with Gasteiger partial charge in [-0.2, -0.15) is 0 Å². The van der Waals surface area contributed by atoms with E-state index in [0.29, 0.717) is 31.7 Å². The van der Waals surface area contributed by atoms with Crippen LogP contribution in [0.5, 0.6) is 0 Å². The highest BCUT2D eigenvalue weighted by atomic mass is 16.5. The van der Waals surface area contributed by atoms with Gasteiger partial charge >= 0.3 is 17.9 Å². The summed E-state index contributed by atoms with van der Waals surface area (Å²) in [6, 6.07) is 6.43. The number of unbranched alkanes of at least 4 members (excludes halogenated alkanes) is 1. The molecular formula is C20H31N3O7. The summed E-state index contributed by atoms with van der Waals surface area (Å²) in [6.07, 6.45) is 1.65. The summed E-state index contributed by atoms with van der Waals surface area (Å²) in [4.78, 5) is 34.6. The molecule has 10 heteroatoms. The van der Waals surface area contributed by atoms with Gasteiger partial charge in [-0.05, 0) is 31.4 Å². The Kier molecular flexibility index (Phi) is 12.3. The lowest BCUT2D eigenvalue weighted by Gasteiger charge is -2.21. The first-order valence-corrected chi connectivity index (χ1v) is 9.76. The molecule has 1 rings (SSSR count). The third-order valence-corrected chi connectivity index (χ3v) is 4.61. The van der Waals surface area contributed by atoms with Gasteiger partial charge in [0.1, 0.15) is 12.1 Å². The fourth-order valence-electron chi connectivity index (χ4n) is 2.96. The van der Waals surface area contributed by atoms with Crippen molar-refractivity contribution in [1.29, 1.82) is 0 Å². The van der Waals surface area contributed by atoms with Crippen LogP contribution in [-0.2, 0) is 19.1 Å². The third-order valence-electron chi connectivity index (χ3n) is 4.61. The lowest BCUT2D eigenvalue weighted by Crippen LogP contribution is -2.48. The molecule has 0 heterocycles. The fraction of sp³-hybridized carbons (Fsp3) is 0.550. The van der Waals surface area contributed by atoms with Crippen molar-refractivity contribution in [3.63, 3.8) is 0 Å². The molecule has 1 aromatic rings. The van der Waals surface area contributed by atoms with E-state index < -0.39 is 35.9 Å². The van der Waals surface area contributed by atoms with E-state index in [0.717, 1.165) is 6.42 Å². The van der Waals surface area contributed by atoms with E-state index in [1.54, 1.807) is 37.4 Å². The van der Waals surface area contributed by atoms with Crippen molar-refractivity contribution in [1.82, 2.24) is 16.0 Å². The van der Waals surface area contributed by atoms with Crippen LogP contribution >= 0.6 is 0 Å². The highest BCUT2D eigenvalue weighted by molar-refractivity contribution is 5.79. The van der Waals surface area contributed by atoms with Gasteiger partial charge in [-0.3, -0.25) is 30.3 Å². The van der Waals surface area contributed by atoms with E-state index in [4.69, 9.17) is 4.74 Å². The van der Waals surface area contributed by atoms with E-state index in [1.165, 1.54) is 0 Å². The molecule has 0 aliphatic rings. The number of carbonyl (C=O) groups is 3. The number of carboxylic acid groups (broad SMARTS) is 3. The van der Waals surface area contributed by atoms with Crippen LogP contribution in [0.4, 0.5) is 0 Å². The summed E-state index contributed by atoms with van der Waals surface area (Å²) in [6.45, 7) is 1.06. The van der Waals surface area contributed by atoms with Gasteiger partial charge in [0.15, 0.2) is 0 Å². The molecule has 0 aliphatic heterocycles. The zero-order valence-corrected chi connectivity index (χ0v) is 17.0. The fourth-order valence-corrected chi connectivity index (χ4v) is 2.96. The van der Waals surface area contributed by atoms with Crippen LogP contribution in [0.25, 0.3) is 0 Å². The summed E-state index contributed by atoms with van der Waals surface area (Å²) >= 11 is 0. The summed E-state index contributed by atoms with van der Waals surface area (Å²) in [5, 5.41) is 36.8. The predicted molar refractivity (Wildman–Crippen MR) is 109 cm³/mol. The van der Waals surface area contributed by atoms with E-state index in [-0.39, 0.29) is 13.1 Å². The average molecular weight is 425 g/mol. The first-order valence-electron chi connectivity index (χ1n) is 9.76. The maximum Gasteiger partial charge on any atom is 0.320 e. The van der Waals surface area contributed by atoms with Gasteiger partial charge in [-0.1, -0.05) is 36.8 Å². The Morgan fingerprint density at radius 1 is 0.933 bits per heavy atom. The van der Waals surface area contributed by atoms with Crippen molar-refractivity contribution < 1.29 is 34.4 Å². The van der Waals surface area contributed by atoms with Crippen LogP contribution in [0, 0.1) is 0 Å². The van der Waals surface area contributed by atoms with Crippen molar-refractivity contribution in [2.45, 2.75) is 43.7 Å². The molecule has 0 saturated heterocycles. The quantitative estimate of drug-likeness (QED) is 0.155. The van der Waals surface area contributed by atoms with Gasteiger partial charge < -0.3 is 20.1 Å². The Balaban J connectivity index is 2.54. The molecule has 10 nitrogen and oxygen atoms in total. The zero-order chi connectivity index (χ0) is 22.4. The monoisotopic (exact) mass is 425 g/mol. The van der Waals surface area contributed by atoms with Gasteiger partial charge in [0.05, 0.1) is 12.6 Å². The molecule has 0 bridgehead atoms. The summed E-state index contributed by atoms with van der Waals surface area (Å²) in [5.74, 6) is -4.33. The van der Waals surface area contributed by atoms with Gasteiger partial charge in [0, 0.05) is 13.8 Å². The number of nitrogens with one attached hydrogen (secondary N) is 3. The van der Waals surface area contributed by atoms with Gasteiger partial charge in [-0.15, -0.1) is 0 Å². The smallest absolute Gasteiger partial charge is 0.320 e. The van der Waals surface area contributed by atoms with Gasteiger partial charge in [0.25, 0.3) is 0 Å². The minimum absolute atomic E-state index is 0.0724. The molecule has 0 amide bonds. The van der Waals surface area contributed by atoms with Gasteiger partial charge in [0.2, 0.25) is 0 Å². The van der Waals surface area contributed by atoms with Crippen molar-refractivity contribution >= 4 is 17.9 Å². The first kappa shape index (κ1) is 25.5. The second-order valence-electron chi connectivity index (χ2n) is 6.83. The number of rotatable bonds is 17. The topological polar surface area (TPSA) is 157 Å². The lowest BCUT2D eigenvalue weighted by molar-refractivity contribution is -0.142. The first-order chi connectivity index (χ1) is 14.4.